The third-order valence-corrected chi connectivity index (χ3v) is 3.65. The molecule has 0 spiro atoms. The molecule has 0 aliphatic heterocycles. The van der Waals surface area contributed by atoms with Gasteiger partial charge in [0.05, 0.1) is 0 Å². The zero-order chi connectivity index (χ0) is 14.4. The van der Waals surface area contributed by atoms with Crippen molar-refractivity contribution in [3.05, 3.63) is 87.4 Å². The van der Waals surface area contributed by atoms with E-state index in [-0.39, 0.29) is 0 Å². The van der Waals surface area contributed by atoms with E-state index in [9.17, 15) is 0 Å². The summed E-state index contributed by atoms with van der Waals surface area (Å²) in [7, 11) is 0. The Kier molecular flexibility index (Phi) is 5.63. The largest absolute Gasteiger partial charge is 0.0843 e. The molecule has 0 fully saturated rings. The van der Waals surface area contributed by atoms with Crippen LogP contribution >= 0.6 is 27.5 Å². The molecule has 0 saturated heterocycles. The highest BCUT2D eigenvalue weighted by Gasteiger charge is 2.00. The average molecular weight is 348 g/mol. The molecule has 0 aromatic heterocycles. The highest BCUT2D eigenvalue weighted by molar-refractivity contribution is 9.11. The van der Waals surface area contributed by atoms with Gasteiger partial charge < -0.3 is 0 Å². The van der Waals surface area contributed by atoms with Crippen LogP contribution in [0, 0.1) is 0 Å². The molecule has 2 aromatic carbocycles. The Bertz CT molecular complexity index is 623. The Morgan fingerprint density at radius 2 is 1.85 bits per heavy atom. The van der Waals surface area contributed by atoms with Gasteiger partial charge >= 0.3 is 0 Å². The zero-order valence-corrected chi connectivity index (χ0v) is 13.7. The summed E-state index contributed by atoms with van der Waals surface area (Å²) in [5, 5.41) is 0.784. The molecule has 0 atom stereocenters. The Morgan fingerprint density at radius 3 is 2.50 bits per heavy atom. The van der Waals surface area contributed by atoms with Gasteiger partial charge in [-0.05, 0) is 46.7 Å². The van der Waals surface area contributed by atoms with Crippen molar-refractivity contribution in [2.45, 2.75) is 13.3 Å². The lowest BCUT2D eigenvalue weighted by Gasteiger charge is -2.04. The maximum atomic E-state index is 5.99. The fourth-order valence-electron chi connectivity index (χ4n) is 2.00. The Hall–Kier alpha value is -1.31. The Morgan fingerprint density at radius 1 is 1.10 bits per heavy atom. The molecular formula is C18H16BrCl. The van der Waals surface area contributed by atoms with Crippen molar-refractivity contribution in [3.63, 3.8) is 0 Å². The fourth-order valence-corrected chi connectivity index (χ4v) is 2.58. The normalized spacial score (nSPS) is 12.6. The SMILES string of the molecule is CC(Br)=C(C=CCc1cccc(Cl)c1)c1ccccc1. The van der Waals surface area contributed by atoms with E-state index in [4.69, 9.17) is 11.6 Å². The highest BCUT2D eigenvalue weighted by atomic mass is 79.9. The van der Waals surface area contributed by atoms with Crippen LogP contribution in [0.1, 0.15) is 18.1 Å². The molecular weight excluding hydrogens is 332 g/mol. The van der Waals surface area contributed by atoms with Gasteiger partial charge in [0, 0.05) is 5.02 Å². The van der Waals surface area contributed by atoms with Crippen molar-refractivity contribution in [1.29, 1.82) is 0 Å². The number of hydrogen-bond acceptors (Lipinski definition) is 0. The van der Waals surface area contributed by atoms with Crippen molar-refractivity contribution >= 4 is 33.1 Å². The highest BCUT2D eigenvalue weighted by Crippen LogP contribution is 2.24. The smallest absolute Gasteiger partial charge is 0.0408 e. The second-order valence-electron chi connectivity index (χ2n) is 4.55. The summed E-state index contributed by atoms with van der Waals surface area (Å²) < 4.78 is 1.13. The van der Waals surface area contributed by atoms with Crippen molar-refractivity contribution in [3.8, 4) is 0 Å². The summed E-state index contributed by atoms with van der Waals surface area (Å²) in [4.78, 5) is 0. The molecule has 2 rings (SSSR count). The van der Waals surface area contributed by atoms with Crippen LogP contribution in [0.15, 0.2) is 71.2 Å². The zero-order valence-electron chi connectivity index (χ0n) is 11.3. The van der Waals surface area contributed by atoms with Gasteiger partial charge in [-0.3, -0.25) is 0 Å². The number of halogens is 2. The summed E-state index contributed by atoms with van der Waals surface area (Å²) >= 11 is 9.57. The molecule has 0 saturated carbocycles. The molecule has 20 heavy (non-hydrogen) atoms. The molecule has 0 heterocycles. The van der Waals surface area contributed by atoms with Gasteiger partial charge in [-0.1, -0.05) is 82.1 Å². The van der Waals surface area contributed by atoms with Gasteiger partial charge in [-0.2, -0.15) is 0 Å². The van der Waals surface area contributed by atoms with E-state index < -0.39 is 0 Å². The summed E-state index contributed by atoms with van der Waals surface area (Å²) in [5.74, 6) is 0. The van der Waals surface area contributed by atoms with E-state index in [0.717, 1.165) is 15.9 Å². The Labute approximate surface area is 133 Å². The third kappa shape index (κ3) is 4.36. The second-order valence-corrected chi connectivity index (χ2v) is 6.18. The van der Waals surface area contributed by atoms with Crippen molar-refractivity contribution < 1.29 is 0 Å². The maximum Gasteiger partial charge on any atom is 0.0408 e. The standard InChI is InChI=1S/C18H16BrCl/c1-14(19)18(16-9-3-2-4-10-16)12-6-8-15-7-5-11-17(20)13-15/h2-7,9-13H,8H2,1H3. The molecule has 0 aliphatic carbocycles. The first kappa shape index (κ1) is 15.1. The number of benzene rings is 2. The fraction of sp³-hybridized carbons (Fsp3) is 0.111. The van der Waals surface area contributed by atoms with Crippen molar-refractivity contribution in [2.24, 2.45) is 0 Å². The van der Waals surface area contributed by atoms with Crippen LogP contribution < -0.4 is 0 Å². The minimum absolute atomic E-state index is 0.784. The van der Waals surface area contributed by atoms with Gasteiger partial charge in [0.2, 0.25) is 0 Å². The van der Waals surface area contributed by atoms with E-state index >= 15 is 0 Å². The first-order chi connectivity index (χ1) is 9.66. The molecule has 0 amide bonds. The van der Waals surface area contributed by atoms with Gasteiger partial charge in [-0.15, -0.1) is 0 Å². The Balaban J connectivity index is 2.14. The van der Waals surface area contributed by atoms with Gasteiger partial charge in [0.1, 0.15) is 0 Å². The van der Waals surface area contributed by atoms with Gasteiger partial charge in [-0.25, -0.2) is 0 Å². The van der Waals surface area contributed by atoms with Gasteiger partial charge in [0.25, 0.3) is 0 Å². The molecule has 0 bridgehead atoms. The number of allylic oxidation sites excluding steroid dienone is 4. The molecule has 0 nitrogen and oxygen atoms in total. The van der Waals surface area contributed by atoms with Crippen LogP contribution in [0.2, 0.25) is 5.02 Å². The molecule has 2 heteroatoms. The lowest BCUT2D eigenvalue weighted by Crippen LogP contribution is -1.84. The van der Waals surface area contributed by atoms with Crippen LogP contribution in [0.3, 0.4) is 0 Å². The molecule has 102 valence electrons. The minimum Gasteiger partial charge on any atom is -0.0843 e. The molecule has 0 unspecified atom stereocenters. The topological polar surface area (TPSA) is 0 Å². The number of hydrogen-bond donors (Lipinski definition) is 0. The van der Waals surface area contributed by atoms with E-state index in [0.29, 0.717) is 0 Å². The van der Waals surface area contributed by atoms with Crippen LogP contribution in [-0.4, -0.2) is 0 Å². The van der Waals surface area contributed by atoms with E-state index in [2.05, 4.69) is 65.3 Å². The molecule has 0 aliphatic rings. The van der Waals surface area contributed by atoms with Gasteiger partial charge in [0.15, 0.2) is 0 Å². The lowest BCUT2D eigenvalue weighted by molar-refractivity contribution is 1.27. The third-order valence-electron chi connectivity index (χ3n) is 2.98. The average Bonchev–Trinajstić information content (AvgIpc) is 2.44. The summed E-state index contributed by atoms with van der Waals surface area (Å²) in [6, 6.07) is 18.3. The van der Waals surface area contributed by atoms with Crippen LogP contribution in [0.5, 0.6) is 0 Å². The molecule has 0 N–H and O–H groups in total. The van der Waals surface area contributed by atoms with Crippen LogP contribution in [0.25, 0.3) is 5.57 Å². The van der Waals surface area contributed by atoms with E-state index in [1.165, 1.54) is 16.7 Å². The lowest BCUT2D eigenvalue weighted by atomic mass is 10.0. The monoisotopic (exact) mass is 346 g/mol. The van der Waals surface area contributed by atoms with Crippen molar-refractivity contribution in [1.82, 2.24) is 0 Å². The molecule has 2 aromatic rings. The second kappa shape index (κ2) is 7.47. The minimum atomic E-state index is 0.784. The maximum absolute atomic E-state index is 5.99. The van der Waals surface area contributed by atoms with Crippen LogP contribution in [0.4, 0.5) is 0 Å². The summed E-state index contributed by atoms with van der Waals surface area (Å²) in [6.07, 6.45) is 5.19. The van der Waals surface area contributed by atoms with Crippen molar-refractivity contribution in [2.75, 3.05) is 0 Å². The van der Waals surface area contributed by atoms with E-state index in [1.54, 1.807) is 0 Å². The van der Waals surface area contributed by atoms with E-state index in [1.807, 2.05) is 24.3 Å². The summed E-state index contributed by atoms with van der Waals surface area (Å²) in [5.41, 5.74) is 3.63. The first-order valence-electron chi connectivity index (χ1n) is 6.49. The molecule has 0 radical (unpaired) electrons. The predicted octanol–water partition coefficient (Wildman–Crippen LogP) is 6.26. The quantitative estimate of drug-likeness (QED) is 0.572. The number of rotatable bonds is 4. The first-order valence-corrected chi connectivity index (χ1v) is 7.66. The predicted molar refractivity (Wildman–Crippen MR) is 92.3 cm³/mol. The van der Waals surface area contributed by atoms with Crippen LogP contribution in [-0.2, 0) is 6.42 Å². The summed E-state index contributed by atoms with van der Waals surface area (Å²) in [6.45, 7) is 2.06.